The van der Waals surface area contributed by atoms with Crippen LogP contribution in [0.4, 0.5) is 0 Å². The maximum Gasteiger partial charge on any atom is 0.171 e. The van der Waals surface area contributed by atoms with Crippen molar-refractivity contribution in [2.45, 2.75) is 33.1 Å². The molecule has 0 amide bonds. The molecule has 4 heteroatoms. The first kappa shape index (κ1) is 35.6. The van der Waals surface area contributed by atoms with Crippen molar-refractivity contribution >= 4 is 46.1 Å². The van der Waals surface area contributed by atoms with Crippen LogP contribution in [-0.4, -0.2) is 0 Å². The molecule has 1 spiro atoms. The van der Waals surface area contributed by atoms with Crippen molar-refractivity contribution < 1.29 is 9.13 Å². The number of rotatable bonds is 6. The van der Waals surface area contributed by atoms with E-state index in [0.717, 1.165) is 87.5 Å². The molecule has 0 saturated carbocycles. The van der Waals surface area contributed by atoms with Crippen molar-refractivity contribution in [3.8, 4) is 22.3 Å². The van der Waals surface area contributed by atoms with Gasteiger partial charge in [0.05, 0.1) is 5.41 Å². The van der Waals surface area contributed by atoms with Gasteiger partial charge >= 0.3 is 0 Å². The standard InChI is InChI=1S/C53H42O2P2/c1-35-17-5-13-25-49(35)56(54,50-26-14-6-18-36(50)2)39-29-31-43-41-21-9-11-23-45(41)53(47(43)33-39)46-24-12-10-22-42(46)44-32-30-40(34-48(44)53)57(55,51-27-15-7-19-37(51)3)52-28-16-8-20-38(52)4/h5-34H,1-4H3. The maximum absolute atomic E-state index is 16.4. The molecule has 0 heterocycles. The highest BCUT2D eigenvalue weighted by Gasteiger charge is 2.53. The Morgan fingerprint density at radius 2 is 0.596 bits per heavy atom. The second-order valence-corrected chi connectivity index (χ2v) is 21.1. The summed E-state index contributed by atoms with van der Waals surface area (Å²) in [6.45, 7) is 8.27. The molecule has 2 nitrogen and oxygen atoms in total. The second-order valence-electron chi connectivity index (χ2n) is 15.7. The van der Waals surface area contributed by atoms with Crippen molar-refractivity contribution in [2.75, 3.05) is 0 Å². The van der Waals surface area contributed by atoms with Gasteiger partial charge in [-0.2, -0.15) is 0 Å². The van der Waals surface area contributed by atoms with Crippen molar-refractivity contribution in [1.82, 2.24) is 0 Å². The van der Waals surface area contributed by atoms with Crippen LogP contribution in [0.3, 0.4) is 0 Å². The molecule has 0 atom stereocenters. The molecule has 0 bridgehead atoms. The third-order valence-corrected chi connectivity index (χ3v) is 19.3. The molecule has 2 aliphatic rings. The van der Waals surface area contributed by atoms with Gasteiger partial charge in [0.15, 0.2) is 14.3 Å². The van der Waals surface area contributed by atoms with Gasteiger partial charge in [-0.15, -0.1) is 0 Å². The average molecular weight is 773 g/mol. The van der Waals surface area contributed by atoms with Crippen LogP contribution in [0, 0.1) is 27.7 Å². The zero-order chi connectivity index (χ0) is 39.1. The van der Waals surface area contributed by atoms with E-state index in [1.165, 1.54) is 11.1 Å². The Bertz CT molecular complexity index is 2740. The third-order valence-electron chi connectivity index (χ3n) is 12.6. The first-order valence-corrected chi connectivity index (χ1v) is 23.1. The molecule has 10 rings (SSSR count). The molecule has 0 aromatic heterocycles. The van der Waals surface area contributed by atoms with Crippen molar-refractivity contribution in [3.63, 3.8) is 0 Å². The van der Waals surface area contributed by atoms with Gasteiger partial charge in [0.1, 0.15) is 0 Å². The highest BCUT2D eigenvalue weighted by atomic mass is 31.2. The monoisotopic (exact) mass is 772 g/mol. The molecule has 0 unspecified atom stereocenters. The van der Waals surface area contributed by atoms with Gasteiger partial charge in [0.2, 0.25) is 0 Å². The number of hydrogen-bond acceptors (Lipinski definition) is 2. The molecule has 8 aromatic rings. The molecule has 0 fully saturated rings. The summed E-state index contributed by atoms with van der Waals surface area (Å²) in [5, 5.41) is 5.05. The van der Waals surface area contributed by atoms with Crippen LogP contribution in [0.15, 0.2) is 182 Å². The summed E-state index contributed by atoms with van der Waals surface area (Å²) in [4.78, 5) is 0. The summed E-state index contributed by atoms with van der Waals surface area (Å²) in [7, 11) is -6.75. The van der Waals surface area contributed by atoms with Crippen LogP contribution >= 0.6 is 14.3 Å². The highest BCUT2D eigenvalue weighted by molar-refractivity contribution is 7.86. The number of fused-ring (bicyclic) bond motifs is 10. The SMILES string of the molecule is Cc1ccccc1P(=O)(c1ccc2c(c1)C1(c3ccccc3-2)c2ccccc2-c2ccc(P(=O)(c3ccccc3C)c3ccccc3C)cc21)c1ccccc1C. The Balaban J connectivity index is 1.31. The van der Waals surface area contributed by atoms with Gasteiger partial charge in [-0.1, -0.05) is 170 Å². The largest absolute Gasteiger partial charge is 0.309 e. The lowest BCUT2D eigenvalue weighted by atomic mass is 9.70. The quantitative estimate of drug-likeness (QED) is 0.158. The van der Waals surface area contributed by atoms with E-state index in [2.05, 4.69) is 137 Å². The summed E-state index contributed by atoms with van der Waals surface area (Å²) in [6.07, 6.45) is 0. The fraction of sp³-hybridized carbons (Fsp3) is 0.0943. The third kappa shape index (κ3) is 4.91. The van der Waals surface area contributed by atoms with Crippen molar-refractivity contribution in [1.29, 1.82) is 0 Å². The minimum Gasteiger partial charge on any atom is -0.309 e. The van der Waals surface area contributed by atoms with Crippen LogP contribution in [-0.2, 0) is 14.5 Å². The van der Waals surface area contributed by atoms with E-state index in [4.69, 9.17) is 0 Å². The van der Waals surface area contributed by atoms with Crippen LogP contribution in [0.2, 0.25) is 0 Å². The van der Waals surface area contributed by atoms with E-state index >= 15 is 9.13 Å². The fourth-order valence-electron chi connectivity index (χ4n) is 9.99. The van der Waals surface area contributed by atoms with E-state index in [0.29, 0.717) is 0 Å². The van der Waals surface area contributed by atoms with Crippen LogP contribution in [0.25, 0.3) is 22.3 Å². The molecule has 0 saturated heterocycles. The zero-order valence-electron chi connectivity index (χ0n) is 32.5. The first-order valence-electron chi connectivity index (χ1n) is 19.6. The lowest BCUT2D eigenvalue weighted by molar-refractivity contribution is 0.591. The van der Waals surface area contributed by atoms with E-state index in [1.807, 2.05) is 72.8 Å². The molecule has 0 N–H and O–H groups in total. The van der Waals surface area contributed by atoms with Gasteiger partial charge in [-0.3, -0.25) is 0 Å². The van der Waals surface area contributed by atoms with E-state index < -0.39 is 19.7 Å². The normalized spacial score (nSPS) is 13.5. The Hall–Kier alpha value is -5.78. The van der Waals surface area contributed by atoms with E-state index in [9.17, 15) is 0 Å². The number of benzene rings is 8. The molecular weight excluding hydrogens is 731 g/mol. The minimum absolute atomic E-state index is 0.742. The number of aryl methyl sites for hydroxylation is 4. The van der Waals surface area contributed by atoms with Crippen molar-refractivity contribution in [3.05, 3.63) is 226 Å². The number of hydrogen-bond donors (Lipinski definition) is 0. The summed E-state index contributed by atoms with van der Waals surface area (Å²) < 4.78 is 32.7. The van der Waals surface area contributed by atoms with Gasteiger partial charge in [-0.25, -0.2) is 0 Å². The summed E-state index contributed by atoms with van der Waals surface area (Å²) in [6, 6.07) is 63.1. The van der Waals surface area contributed by atoms with Gasteiger partial charge in [0, 0.05) is 31.8 Å². The summed E-state index contributed by atoms with van der Waals surface area (Å²) >= 11 is 0. The Labute approximate surface area is 335 Å². The van der Waals surface area contributed by atoms with Gasteiger partial charge in [-0.05, 0) is 107 Å². The van der Waals surface area contributed by atoms with Crippen LogP contribution in [0.5, 0.6) is 0 Å². The molecule has 0 aliphatic heterocycles. The van der Waals surface area contributed by atoms with E-state index in [-0.39, 0.29) is 0 Å². The zero-order valence-corrected chi connectivity index (χ0v) is 34.3. The Morgan fingerprint density at radius 3 is 0.930 bits per heavy atom. The van der Waals surface area contributed by atoms with Gasteiger partial charge < -0.3 is 9.13 Å². The molecule has 0 radical (unpaired) electrons. The predicted molar refractivity (Wildman–Crippen MR) is 240 cm³/mol. The maximum atomic E-state index is 16.4. The fourth-order valence-corrected chi connectivity index (χ4v) is 16.3. The predicted octanol–water partition coefficient (Wildman–Crippen LogP) is 10.5. The molecule has 2 aliphatic carbocycles. The molecule has 276 valence electrons. The topological polar surface area (TPSA) is 34.1 Å². The summed E-state index contributed by atoms with van der Waals surface area (Å²) in [5.74, 6) is 0. The smallest absolute Gasteiger partial charge is 0.171 e. The first-order chi connectivity index (χ1) is 27.7. The molecular formula is C53H42O2P2. The van der Waals surface area contributed by atoms with Crippen LogP contribution < -0.4 is 31.8 Å². The minimum atomic E-state index is -3.38. The van der Waals surface area contributed by atoms with Crippen molar-refractivity contribution in [2.24, 2.45) is 0 Å². The lowest BCUT2D eigenvalue weighted by Gasteiger charge is -2.32. The van der Waals surface area contributed by atoms with E-state index in [1.54, 1.807) is 0 Å². The van der Waals surface area contributed by atoms with Crippen LogP contribution in [0.1, 0.15) is 44.5 Å². The Morgan fingerprint density at radius 1 is 0.316 bits per heavy atom. The average Bonchev–Trinajstić information content (AvgIpc) is 3.70. The lowest BCUT2D eigenvalue weighted by Crippen LogP contribution is -2.32. The highest BCUT2D eigenvalue weighted by Crippen LogP contribution is 2.63. The molecule has 8 aromatic carbocycles. The Kier molecular flexibility index (Phi) is 8.21. The second kappa shape index (κ2) is 13.1. The molecule has 57 heavy (non-hydrogen) atoms. The van der Waals surface area contributed by atoms with Gasteiger partial charge in [0.25, 0.3) is 0 Å². The summed E-state index contributed by atoms with van der Waals surface area (Å²) in [5.41, 5.74) is 12.4.